The Hall–Kier alpha value is -3.41. The van der Waals surface area contributed by atoms with Crippen LogP contribution < -0.4 is 14.2 Å². The van der Waals surface area contributed by atoms with Crippen LogP contribution in [0.2, 0.25) is 0 Å². The molecule has 0 fully saturated rings. The molecule has 0 saturated heterocycles. The van der Waals surface area contributed by atoms with Crippen molar-refractivity contribution in [2.24, 2.45) is 0 Å². The van der Waals surface area contributed by atoms with E-state index in [2.05, 4.69) is 4.74 Å². The molecule has 0 radical (unpaired) electrons. The first-order valence-electron chi connectivity index (χ1n) is 10.8. The van der Waals surface area contributed by atoms with Gasteiger partial charge in [-0.25, -0.2) is 0 Å². The molecule has 1 N–H and O–H groups in total. The Morgan fingerprint density at radius 3 is 1.86 bits per heavy atom. The number of anilines is 1. The Labute approximate surface area is 210 Å². The standard InChI is InChI=1S/C25H23F6NO4S/c1-23(2,3)19-9-4-16(5-10-19)15-35-22-13-8-18(14-21(22)32-37(33,34)25(29,30)31)17-6-11-20(12-7-17)36-24(26,27)28/h4-14,32H,15H2,1-3H3. The lowest BCUT2D eigenvalue weighted by Gasteiger charge is -2.19. The molecule has 0 heterocycles. The number of alkyl halides is 6. The van der Waals surface area contributed by atoms with Gasteiger partial charge in [-0.3, -0.25) is 4.72 Å². The molecule has 0 spiro atoms. The monoisotopic (exact) mass is 547 g/mol. The topological polar surface area (TPSA) is 64.6 Å². The molecule has 12 heteroatoms. The number of ether oxygens (including phenoxy) is 2. The van der Waals surface area contributed by atoms with E-state index in [1.807, 2.05) is 32.9 Å². The summed E-state index contributed by atoms with van der Waals surface area (Å²) in [6.07, 6.45) is -4.89. The Morgan fingerprint density at radius 1 is 0.784 bits per heavy atom. The summed E-state index contributed by atoms with van der Waals surface area (Å²) in [7, 11) is -5.78. The van der Waals surface area contributed by atoms with Gasteiger partial charge in [0.2, 0.25) is 0 Å². The molecule has 5 nitrogen and oxygen atoms in total. The SMILES string of the molecule is CC(C)(C)c1ccc(COc2ccc(-c3ccc(OC(F)(F)F)cc3)cc2NS(=O)(=O)C(F)(F)F)cc1. The molecular weight excluding hydrogens is 524 g/mol. The number of nitrogens with one attached hydrogen (secondary N) is 1. The lowest BCUT2D eigenvalue weighted by Crippen LogP contribution is -2.30. The van der Waals surface area contributed by atoms with Crippen LogP contribution >= 0.6 is 0 Å². The second-order valence-corrected chi connectivity index (χ2v) is 10.7. The van der Waals surface area contributed by atoms with Crippen LogP contribution in [-0.4, -0.2) is 20.3 Å². The highest BCUT2D eigenvalue weighted by atomic mass is 32.2. The van der Waals surface area contributed by atoms with Crippen LogP contribution in [0.5, 0.6) is 11.5 Å². The molecule has 37 heavy (non-hydrogen) atoms. The van der Waals surface area contributed by atoms with Gasteiger partial charge in [-0.2, -0.15) is 21.6 Å². The number of rotatable bonds is 7. The first kappa shape index (κ1) is 28.2. The second kappa shape index (κ2) is 10.2. The van der Waals surface area contributed by atoms with Gasteiger partial charge in [-0.15, -0.1) is 13.2 Å². The molecule has 3 aromatic rings. The smallest absolute Gasteiger partial charge is 0.487 e. The summed E-state index contributed by atoms with van der Waals surface area (Å²) < 4.78 is 111. The molecule has 3 aromatic carbocycles. The van der Waals surface area contributed by atoms with Crippen molar-refractivity contribution in [1.82, 2.24) is 0 Å². The van der Waals surface area contributed by atoms with Crippen molar-refractivity contribution in [3.63, 3.8) is 0 Å². The van der Waals surface area contributed by atoms with Crippen LogP contribution in [0.15, 0.2) is 66.7 Å². The third-order valence-electron chi connectivity index (χ3n) is 5.16. The minimum Gasteiger partial charge on any atom is -0.487 e. The Bertz CT molecular complexity index is 1330. The van der Waals surface area contributed by atoms with Gasteiger partial charge in [0, 0.05) is 0 Å². The van der Waals surface area contributed by atoms with Gasteiger partial charge in [0.1, 0.15) is 18.1 Å². The van der Waals surface area contributed by atoms with Gasteiger partial charge < -0.3 is 9.47 Å². The number of benzene rings is 3. The van der Waals surface area contributed by atoms with E-state index in [4.69, 9.17) is 4.74 Å². The van der Waals surface area contributed by atoms with Gasteiger partial charge in [0.05, 0.1) is 5.69 Å². The number of sulfonamides is 1. The molecule has 0 bridgehead atoms. The van der Waals surface area contributed by atoms with E-state index in [1.54, 1.807) is 12.1 Å². The Balaban J connectivity index is 1.90. The average Bonchev–Trinajstić information content (AvgIpc) is 2.76. The highest BCUT2D eigenvalue weighted by Gasteiger charge is 2.46. The molecular formula is C25H23F6NO4S. The fourth-order valence-corrected chi connectivity index (χ4v) is 3.79. The van der Waals surface area contributed by atoms with Crippen molar-refractivity contribution < 1.29 is 44.2 Å². The molecule has 0 aliphatic carbocycles. The van der Waals surface area contributed by atoms with Crippen LogP contribution in [0.4, 0.5) is 32.0 Å². The van der Waals surface area contributed by atoms with Crippen LogP contribution in [0.1, 0.15) is 31.9 Å². The van der Waals surface area contributed by atoms with Crippen LogP contribution in [0.25, 0.3) is 11.1 Å². The van der Waals surface area contributed by atoms with Crippen LogP contribution in [0, 0.1) is 0 Å². The highest BCUT2D eigenvalue weighted by molar-refractivity contribution is 7.93. The van der Waals surface area contributed by atoms with Gasteiger partial charge in [0.25, 0.3) is 0 Å². The van der Waals surface area contributed by atoms with Crippen molar-refractivity contribution in [1.29, 1.82) is 0 Å². The van der Waals surface area contributed by atoms with E-state index in [0.29, 0.717) is 11.1 Å². The first-order valence-corrected chi connectivity index (χ1v) is 12.2. The number of halogens is 6. The maximum atomic E-state index is 13.0. The van der Waals surface area contributed by atoms with E-state index in [9.17, 15) is 34.8 Å². The summed E-state index contributed by atoms with van der Waals surface area (Å²) in [5, 5.41) is 0. The first-order chi connectivity index (χ1) is 16.9. The minimum absolute atomic E-state index is 0.0615. The lowest BCUT2D eigenvalue weighted by molar-refractivity contribution is -0.274. The Kier molecular flexibility index (Phi) is 7.73. The molecule has 0 unspecified atom stereocenters. The van der Waals surface area contributed by atoms with E-state index in [1.165, 1.54) is 29.0 Å². The third kappa shape index (κ3) is 7.54. The average molecular weight is 548 g/mol. The summed E-state index contributed by atoms with van der Waals surface area (Å²) in [6.45, 7) is 6.05. The quantitative estimate of drug-likeness (QED) is 0.313. The minimum atomic E-state index is -5.78. The van der Waals surface area contributed by atoms with E-state index >= 15 is 0 Å². The molecule has 0 amide bonds. The van der Waals surface area contributed by atoms with E-state index in [0.717, 1.165) is 23.8 Å². The van der Waals surface area contributed by atoms with Crippen molar-refractivity contribution in [3.05, 3.63) is 77.9 Å². The predicted octanol–water partition coefficient (Wildman–Crippen LogP) is 7.39. The zero-order valence-electron chi connectivity index (χ0n) is 19.9. The zero-order chi connectivity index (χ0) is 27.6. The summed E-state index contributed by atoms with van der Waals surface area (Å²) in [5.41, 5.74) is -3.88. The predicted molar refractivity (Wildman–Crippen MR) is 127 cm³/mol. The van der Waals surface area contributed by atoms with Gasteiger partial charge in [-0.05, 0) is 51.9 Å². The lowest BCUT2D eigenvalue weighted by atomic mass is 9.87. The normalized spacial score (nSPS) is 12.8. The summed E-state index contributed by atoms with van der Waals surface area (Å²) in [5.74, 6) is -0.667. The zero-order valence-corrected chi connectivity index (χ0v) is 20.7. The molecule has 0 aliphatic heterocycles. The molecule has 0 aromatic heterocycles. The van der Waals surface area contributed by atoms with Crippen molar-refractivity contribution in [2.75, 3.05) is 4.72 Å². The largest absolute Gasteiger partial charge is 0.573 e. The second-order valence-electron chi connectivity index (χ2n) is 9.07. The van der Waals surface area contributed by atoms with E-state index < -0.39 is 33.3 Å². The summed E-state index contributed by atoms with van der Waals surface area (Å²) in [6, 6.07) is 15.7. The molecule has 3 rings (SSSR count). The fourth-order valence-electron chi connectivity index (χ4n) is 3.23. The Morgan fingerprint density at radius 2 is 1.35 bits per heavy atom. The fraction of sp³-hybridized carbons (Fsp3) is 0.280. The van der Waals surface area contributed by atoms with Crippen LogP contribution in [-0.2, 0) is 22.0 Å². The summed E-state index contributed by atoms with van der Waals surface area (Å²) >= 11 is 0. The maximum absolute atomic E-state index is 13.0. The molecule has 0 atom stereocenters. The van der Waals surface area contributed by atoms with Gasteiger partial charge in [0.15, 0.2) is 0 Å². The van der Waals surface area contributed by atoms with Crippen molar-refractivity contribution in [2.45, 2.75) is 44.7 Å². The molecule has 0 aliphatic rings. The van der Waals surface area contributed by atoms with Gasteiger partial charge >= 0.3 is 21.9 Å². The van der Waals surface area contributed by atoms with Crippen molar-refractivity contribution >= 4 is 15.7 Å². The number of hydrogen-bond acceptors (Lipinski definition) is 4. The molecule has 200 valence electrons. The highest BCUT2D eigenvalue weighted by Crippen LogP contribution is 2.36. The number of hydrogen-bond donors (Lipinski definition) is 1. The maximum Gasteiger partial charge on any atom is 0.573 e. The summed E-state index contributed by atoms with van der Waals surface area (Å²) in [4.78, 5) is 0. The van der Waals surface area contributed by atoms with E-state index in [-0.39, 0.29) is 23.3 Å². The third-order valence-corrected chi connectivity index (χ3v) is 6.26. The van der Waals surface area contributed by atoms with Crippen LogP contribution in [0.3, 0.4) is 0 Å². The van der Waals surface area contributed by atoms with Crippen molar-refractivity contribution in [3.8, 4) is 22.6 Å². The van der Waals surface area contributed by atoms with Gasteiger partial charge in [-0.1, -0.05) is 63.2 Å². The molecule has 0 saturated carbocycles.